The number of hydrogen-bond acceptors (Lipinski definition) is 6. The maximum Gasteiger partial charge on any atom is 0.254 e. The van der Waals surface area contributed by atoms with Crippen LogP contribution in [0.25, 0.3) is 17.2 Å². The van der Waals surface area contributed by atoms with Gasteiger partial charge in [0.1, 0.15) is 18.0 Å². The number of halogens is 1. The van der Waals surface area contributed by atoms with Gasteiger partial charge in [-0.1, -0.05) is 25.4 Å². The molecule has 2 N–H and O–H groups in total. The summed E-state index contributed by atoms with van der Waals surface area (Å²) in [6.07, 6.45) is 2.20. The fourth-order valence-electron chi connectivity index (χ4n) is 2.70. The van der Waals surface area contributed by atoms with Gasteiger partial charge in [-0.05, 0) is 30.2 Å². The molecule has 0 bridgehead atoms. The van der Waals surface area contributed by atoms with Crippen LogP contribution in [0.2, 0.25) is 5.02 Å². The van der Waals surface area contributed by atoms with Crippen LogP contribution in [0.3, 0.4) is 0 Å². The van der Waals surface area contributed by atoms with E-state index in [2.05, 4.69) is 49.4 Å². The van der Waals surface area contributed by atoms with Crippen molar-refractivity contribution in [2.45, 2.75) is 26.2 Å². The summed E-state index contributed by atoms with van der Waals surface area (Å²) in [5, 5.41) is 15.6. The lowest BCUT2D eigenvalue weighted by Crippen LogP contribution is -2.11. The summed E-state index contributed by atoms with van der Waals surface area (Å²) in [5.41, 5.74) is 1.90. The Morgan fingerprint density at radius 1 is 1.19 bits per heavy atom. The summed E-state index contributed by atoms with van der Waals surface area (Å²) in [6.45, 7) is 4.88. The number of aromatic amines is 1. The van der Waals surface area contributed by atoms with E-state index in [4.69, 9.17) is 11.6 Å². The Morgan fingerprint density at radius 2 is 2.00 bits per heavy atom. The highest BCUT2D eigenvalue weighted by atomic mass is 35.5. The van der Waals surface area contributed by atoms with Gasteiger partial charge in [0.05, 0.1) is 5.69 Å². The lowest BCUT2D eigenvalue weighted by molar-refractivity contribution is 0.803. The molecule has 4 rings (SSSR count). The number of fused-ring (bicyclic) bond motifs is 1. The molecule has 0 unspecified atom stereocenters. The Balaban J connectivity index is 1.45. The van der Waals surface area contributed by atoms with Crippen LogP contribution in [0, 0.1) is 0 Å². The summed E-state index contributed by atoms with van der Waals surface area (Å²) in [5.74, 6) is 3.22. The third-order valence-corrected chi connectivity index (χ3v) is 4.42. The number of rotatable bonds is 6. The topological polar surface area (TPSA) is 96.7 Å². The van der Waals surface area contributed by atoms with Crippen molar-refractivity contribution < 1.29 is 0 Å². The van der Waals surface area contributed by atoms with Gasteiger partial charge in [-0.25, -0.2) is 9.97 Å². The first-order valence-corrected chi connectivity index (χ1v) is 9.10. The van der Waals surface area contributed by atoms with E-state index in [0.29, 0.717) is 35.5 Å². The van der Waals surface area contributed by atoms with Crippen molar-refractivity contribution >= 4 is 23.2 Å². The molecule has 0 atom stereocenters. The van der Waals surface area contributed by atoms with Crippen LogP contribution in [0.1, 0.15) is 31.3 Å². The lowest BCUT2D eigenvalue weighted by atomic mass is 10.1. The SMILES string of the molecule is CC(C)c1cc(NCCc2nc(-c3ccc(Cl)cc3)n[nH]2)n2ncnc2n1. The van der Waals surface area contributed by atoms with Crippen LogP contribution >= 0.6 is 11.6 Å². The molecule has 0 aliphatic carbocycles. The number of nitrogens with zero attached hydrogens (tertiary/aromatic N) is 6. The number of benzene rings is 1. The molecule has 0 saturated carbocycles. The van der Waals surface area contributed by atoms with Crippen molar-refractivity contribution in [2.24, 2.45) is 0 Å². The van der Waals surface area contributed by atoms with Gasteiger partial charge in [0, 0.05) is 29.6 Å². The number of nitrogens with one attached hydrogen (secondary N) is 2. The zero-order valence-electron chi connectivity index (χ0n) is 15.0. The Kier molecular flexibility index (Phi) is 4.72. The highest BCUT2D eigenvalue weighted by Gasteiger charge is 2.11. The predicted octanol–water partition coefficient (Wildman–Crippen LogP) is 3.34. The van der Waals surface area contributed by atoms with Gasteiger partial charge in [0.15, 0.2) is 5.82 Å². The standard InChI is InChI=1S/C18H19ClN8/c1-11(2)14-9-16(27-18(23-14)21-10-22-27)20-8-7-15-24-17(26-25-15)12-3-5-13(19)6-4-12/h3-6,9-11,20H,7-8H2,1-2H3,(H,24,25,26). The Hall–Kier alpha value is -3.00. The van der Waals surface area contributed by atoms with Gasteiger partial charge in [0.25, 0.3) is 5.78 Å². The van der Waals surface area contributed by atoms with Gasteiger partial charge >= 0.3 is 0 Å². The number of H-pyrrole nitrogens is 1. The van der Waals surface area contributed by atoms with Gasteiger partial charge in [0.2, 0.25) is 0 Å². The average molecular weight is 383 g/mol. The van der Waals surface area contributed by atoms with E-state index in [0.717, 1.165) is 22.9 Å². The van der Waals surface area contributed by atoms with E-state index in [9.17, 15) is 0 Å². The number of hydrogen-bond donors (Lipinski definition) is 2. The summed E-state index contributed by atoms with van der Waals surface area (Å²) in [6, 6.07) is 9.46. The third kappa shape index (κ3) is 3.75. The zero-order chi connectivity index (χ0) is 18.8. The summed E-state index contributed by atoms with van der Waals surface area (Å²) < 4.78 is 1.70. The summed E-state index contributed by atoms with van der Waals surface area (Å²) in [4.78, 5) is 13.3. The van der Waals surface area contributed by atoms with Crippen molar-refractivity contribution in [3.05, 3.63) is 53.2 Å². The smallest absolute Gasteiger partial charge is 0.254 e. The van der Waals surface area contributed by atoms with Crippen LogP contribution in [0.5, 0.6) is 0 Å². The minimum atomic E-state index is 0.309. The molecule has 1 aromatic carbocycles. The Bertz CT molecular complexity index is 1050. The normalized spacial score (nSPS) is 11.4. The first-order valence-electron chi connectivity index (χ1n) is 8.72. The minimum absolute atomic E-state index is 0.309. The van der Waals surface area contributed by atoms with E-state index < -0.39 is 0 Å². The molecule has 138 valence electrons. The van der Waals surface area contributed by atoms with Crippen LogP contribution in [0.4, 0.5) is 5.82 Å². The fourth-order valence-corrected chi connectivity index (χ4v) is 2.82. The monoisotopic (exact) mass is 382 g/mol. The minimum Gasteiger partial charge on any atom is -0.369 e. The molecule has 0 spiro atoms. The molecule has 0 amide bonds. The molecule has 27 heavy (non-hydrogen) atoms. The average Bonchev–Trinajstić information content (AvgIpc) is 3.31. The van der Waals surface area contributed by atoms with Crippen LogP contribution in [-0.2, 0) is 6.42 Å². The zero-order valence-corrected chi connectivity index (χ0v) is 15.8. The molecule has 4 aromatic rings. The van der Waals surface area contributed by atoms with Crippen molar-refractivity contribution in [2.75, 3.05) is 11.9 Å². The number of anilines is 1. The summed E-state index contributed by atoms with van der Waals surface area (Å²) in [7, 11) is 0. The van der Waals surface area contributed by atoms with Crippen LogP contribution in [-0.4, -0.2) is 41.3 Å². The van der Waals surface area contributed by atoms with Crippen LogP contribution < -0.4 is 5.32 Å². The van der Waals surface area contributed by atoms with E-state index in [1.54, 1.807) is 4.52 Å². The highest BCUT2D eigenvalue weighted by Crippen LogP contribution is 2.19. The van der Waals surface area contributed by atoms with Crippen molar-refractivity contribution in [1.82, 2.24) is 34.8 Å². The Morgan fingerprint density at radius 3 is 2.78 bits per heavy atom. The van der Waals surface area contributed by atoms with Gasteiger partial charge in [-0.15, -0.1) is 0 Å². The first kappa shape index (κ1) is 17.4. The second-order valence-corrected chi connectivity index (χ2v) is 6.92. The van der Waals surface area contributed by atoms with E-state index >= 15 is 0 Å². The lowest BCUT2D eigenvalue weighted by Gasteiger charge is -2.10. The van der Waals surface area contributed by atoms with Crippen molar-refractivity contribution in [1.29, 1.82) is 0 Å². The van der Waals surface area contributed by atoms with E-state index in [1.165, 1.54) is 6.33 Å². The maximum absolute atomic E-state index is 5.92. The second kappa shape index (κ2) is 7.32. The quantitative estimate of drug-likeness (QED) is 0.531. The van der Waals surface area contributed by atoms with Gasteiger partial charge in [-0.3, -0.25) is 5.10 Å². The Labute approximate surface area is 161 Å². The number of aromatic nitrogens is 7. The molecule has 0 saturated heterocycles. The van der Waals surface area contributed by atoms with Crippen molar-refractivity contribution in [3.8, 4) is 11.4 Å². The predicted molar refractivity (Wildman–Crippen MR) is 104 cm³/mol. The summed E-state index contributed by atoms with van der Waals surface area (Å²) >= 11 is 5.92. The molecule has 0 aliphatic heterocycles. The molecule has 0 fully saturated rings. The van der Waals surface area contributed by atoms with Gasteiger partial charge in [-0.2, -0.15) is 19.7 Å². The fraction of sp³-hybridized carbons (Fsp3) is 0.278. The largest absolute Gasteiger partial charge is 0.369 e. The van der Waals surface area contributed by atoms with E-state index in [1.807, 2.05) is 30.3 Å². The molecular weight excluding hydrogens is 364 g/mol. The molecule has 9 heteroatoms. The van der Waals surface area contributed by atoms with Crippen LogP contribution in [0.15, 0.2) is 36.7 Å². The second-order valence-electron chi connectivity index (χ2n) is 6.48. The molecule has 3 aromatic heterocycles. The highest BCUT2D eigenvalue weighted by molar-refractivity contribution is 6.30. The third-order valence-electron chi connectivity index (χ3n) is 4.17. The molecular formula is C18H19ClN8. The molecule has 0 aliphatic rings. The first-order chi connectivity index (χ1) is 13.1. The maximum atomic E-state index is 5.92. The van der Waals surface area contributed by atoms with Crippen molar-refractivity contribution in [3.63, 3.8) is 0 Å². The molecule has 3 heterocycles. The molecule has 0 radical (unpaired) electrons. The van der Waals surface area contributed by atoms with Gasteiger partial charge < -0.3 is 5.32 Å². The molecule has 8 nitrogen and oxygen atoms in total. The van der Waals surface area contributed by atoms with E-state index in [-0.39, 0.29) is 0 Å².